The molecule has 0 N–H and O–H groups in total. The maximum atomic E-state index is 13.5. The molecule has 3 rings (SSSR count). The lowest BCUT2D eigenvalue weighted by atomic mass is 9.94. The third-order valence-corrected chi connectivity index (χ3v) is 5.81. The number of unbranched alkanes of at least 4 members (excludes halogenated alkanes) is 1. The van der Waals surface area contributed by atoms with Gasteiger partial charge in [0.1, 0.15) is 12.2 Å². The molecule has 2 amide bonds. The normalized spacial score (nSPS) is 16.7. The Kier molecular flexibility index (Phi) is 8.85. The summed E-state index contributed by atoms with van der Waals surface area (Å²) < 4.78 is 10.7. The molecule has 34 heavy (non-hydrogen) atoms. The maximum absolute atomic E-state index is 13.5. The van der Waals surface area contributed by atoms with Gasteiger partial charge in [0, 0.05) is 5.92 Å². The summed E-state index contributed by atoms with van der Waals surface area (Å²) in [4.78, 5) is 39.9. The zero-order chi connectivity index (χ0) is 24.6. The van der Waals surface area contributed by atoms with Crippen molar-refractivity contribution in [1.82, 2.24) is 4.90 Å². The van der Waals surface area contributed by atoms with Gasteiger partial charge in [-0.2, -0.15) is 0 Å². The van der Waals surface area contributed by atoms with E-state index in [2.05, 4.69) is 12.1 Å². The Morgan fingerprint density at radius 2 is 1.62 bits per heavy atom. The lowest BCUT2D eigenvalue weighted by Crippen LogP contribution is -2.44. The highest BCUT2D eigenvalue weighted by molar-refractivity contribution is 5.96. The van der Waals surface area contributed by atoms with E-state index in [-0.39, 0.29) is 25.0 Å². The van der Waals surface area contributed by atoms with Crippen molar-refractivity contribution in [3.05, 3.63) is 71.8 Å². The minimum absolute atomic E-state index is 0.0523. The molecule has 2 atom stereocenters. The molecule has 2 aromatic carbocycles. The molecule has 2 aromatic rings. The first-order chi connectivity index (χ1) is 16.2. The molecule has 1 fully saturated rings. The molecule has 1 aliphatic rings. The number of hydrogen-bond donors (Lipinski definition) is 0. The second kappa shape index (κ2) is 11.8. The van der Waals surface area contributed by atoms with E-state index < -0.39 is 23.6 Å². The van der Waals surface area contributed by atoms with Crippen LogP contribution in [0.25, 0.3) is 0 Å². The fourth-order valence-electron chi connectivity index (χ4n) is 4.23. The Labute approximate surface area is 202 Å². The summed E-state index contributed by atoms with van der Waals surface area (Å²) in [6.45, 7) is 5.56. The number of carbonyl (C=O) groups excluding carboxylic acids is 3. The van der Waals surface area contributed by atoms with Crippen LogP contribution in [-0.2, 0) is 31.9 Å². The first kappa shape index (κ1) is 25.5. The first-order valence-electron chi connectivity index (χ1n) is 12.0. The van der Waals surface area contributed by atoms with Gasteiger partial charge in [-0.15, -0.1) is 0 Å². The molecular weight excluding hydrogens is 430 g/mol. The number of esters is 1. The van der Waals surface area contributed by atoms with Gasteiger partial charge in [-0.25, -0.2) is 9.69 Å². The molecule has 6 nitrogen and oxygen atoms in total. The molecule has 1 heterocycles. The molecule has 1 aliphatic heterocycles. The monoisotopic (exact) mass is 465 g/mol. The Morgan fingerprint density at radius 1 is 1.00 bits per heavy atom. The van der Waals surface area contributed by atoms with Crippen LogP contribution in [0, 0.1) is 5.92 Å². The van der Waals surface area contributed by atoms with Crippen LogP contribution in [0.5, 0.6) is 0 Å². The van der Waals surface area contributed by atoms with Gasteiger partial charge in [-0.1, -0.05) is 67.1 Å². The van der Waals surface area contributed by atoms with E-state index in [1.807, 2.05) is 48.5 Å². The number of hydrogen-bond acceptors (Lipinski definition) is 5. The van der Waals surface area contributed by atoms with Crippen molar-refractivity contribution in [3.63, 3.8) is 0 Å². The molecule has 0 spiro atoms. The third-order valence-electron chi connectivity index (χ3n) is 5.81. The molecule has 0 unspecified atom stereocenters. The van der Waals surface area contributed by atoms with Crippen molar-refractivity contribution in [2.45, 2.75) is 70.9 Å². The number of rotatable bonds is 10. The number of cyclic esters (lactones) is 1. The summed E-state index contributed by atoms with van der Waals surface area (Å²) in [6, 6.07) is 19.5. The Morgan fingerprint density at radius 3 is 2.24 bits per heavy atom. The van der Waals surface area contributed by atoms with Crippen molar-refractivity contribution in [2.24, 2.45) is 5.92 Å². The van der Waals surface area contributed by atoms with Crippen LogP contribution in [0.1, 0.15) is 57.6 Å². The molecule has 0 bridgehead atoms. The zero-order valence-electron chi connectivity index (χ0n) is 20.4. The number of aryl methyl sites for hydroxylation is 1. The summed E-state index contributed by atoms with van der Waals surface area (Å²) in [7, 11) is 0. The summed E-state index contributed by atoms with van der Waals surface area (Å²) in [5.74, 6) is -1.41. The van der Waals surface area contributed by atoms with E-state index in [0.29, 0.717) is 12.8 Å². The highest BCUT2D eigenvalue weighted by Gasteiger charge is 2.41. The highest BCUT2D eigenvalue weighted by atomic mass is 16.6. The zero-order valence-corrected chi connectivity index (χ0v) is 20.4. The van der Waals surface area contributed by atoms with E-state index in [4.69, 9.17) is 9.47 Å². The first-order valence-corrected chi connectivity index (χ1v) is 12.0. The highest BCUT2D eigenvalue weighted by Crippen LogP contribution is 2.25. The summed E-state index contributed by atoms with van der Waals surface area (Å²) in [5, 5.41) is 0. The second-order valence-electron chi connectivity index (χ2n) is 9.85. The predicted molar refractivity (Wildman–Crippen MR) is 130 cm³/mol. The average Bonchev–Trinajstić information content (AvgIpc) is 3.15. The van der Waals surface area contributed by atoms with Crippen LogP contribution < -0.4 is 0 Å². The van der Waals surface area contributed by atoms with Crippen molar-refractivity contribution in [2.75, 3.05) is 6.61 Å². The molecular formula is C28H35NO5. The molecule has 0 saturated carbocycles. The van der Waals surface area contributed by atoms with Gasteiger partial charge in [0.15, 0.2) is 0 Å². The van der Waals surface area contributed by atoms with Gasteiger partial charge in [0.2, 0.25) is 5.91 Å². The minimum atomic E-state index is -0.638. The lowest BCUT2D eigenvalue weighted by molar-refractivity contribution is -0.158. The number of imide groups is 1. The Balaban J connectivity index is 1.68. The summed E-state index contributed by atoms with van der Waals surface area (Å²) in [5.41, 5.74) is 1.62. The van der Waals surface area contributed by atoms with Gasteiger partial charge in [0.25, 0.3) is 0 Å². The topological polar surface area (TPSA) is 72.9 Å². The van der Waals surface area contributed by atoms with E-state index in [1.165, 1.54) is 10.5 Å². The third kappa shape index (κ3) is 7.72. The van der Waals surface area contributed by atoms with Crippen molar-refractivity contribution in [3.8, 4) is 0 Å². The fourth-order valence-corrected chi connectivity index (χ4v) is 4.23. The number of ether oxygens (including phenoxy) is 2. The largest absolute Gasteiger partial charge is 0.460 e. The number of benzene rings is 2. The summed E-state index contributed by atoms with van der Waals surface area (Å²) >= 11 is 0. The van der Waals surface area contributed by atoms with Gasteiger partial charge in [-0.05, 0) is 57.6 Å². The van der Waals surface area contributed by atoms with Crippen LogP contribution in [0.4, 0.5) is 4.79 Å². The van der Waals surface area contributed by atoms with E-state index in [1.54, 1.807) is 20.8 Å². The smallest absolute Gasteiger partial charge is 0.416 e. The van der Waals surface area contributed by atoms with Crippen LogP contribution in [0.3, 0.4) is 0 Å². The standard InChI is InChI=1S/C28H35NO5/c1-28(2,3)34-25(30)19-23(17-11-10-14-21-12-6-4-7-13-21)26(31)29-24(20-33-27(29)32)18-22-15-8-5-9-16-22/h4-9,12-13,15-16,23-24H,10-11,14,17-20H2,1-3H3/t23-,24+/m0/s1. The van der Waals surface area contributed by atoms with Crippen molar-refractivity contribution in [1.29, 1.82) is 0 Å². The lowest BCUT2D eigenvalue weighted by Gasteiger charge is -2.26. The quantitative estimate of drug-likeness (QED) is 0.350. The van der Waals surface area contributed by atoms with E-state index in [9.17, 15) is 14.4 Å². The summed E-state index contributed by atoms with van der Waals surface area (Å²) in [6.07, 6.45) is 2.89. The van der Waals surface area contributed by atoms with Gasteiger partial charge in [-0.3, -0.25) is 9.59 Å². The molecule has 0 aromatic heterocycles. The van der Waals surface area contributed by atoms with Crippen LogP contribution in [-0.4, -0.2) is 41.1 Å². The molecule has 1 saturated heterocycles. The van der Waals surface area contributed by atoms with Crippen molar-refractivity contribution < 1.29 is 23.9 Å². The Bertz CT molecular complexity index is 952. The molecule has 0 aliphatic carbocycles. The molecule has 182 valence electrons. The van der Waals surface area contributed by atoms with Crippen molar-refractivity contribution >= 4 is 18.0 Å². The number of nitrogens with zero attached hydrogens (tertiary/aromatic N) is 1. The molecule has 0 radical (unpaired) electrons. The fraction of sp³-hybridized carbons (Fsp3) is 0.464. The van der Waals surface area contributed by atoms with Gasteiger partial charge in [0.05, 0.1) is 12.5 Å². The van der Waals surface area contributed by atoms with E-state index >= 15 is 0 Å². The van der Waals surface area contributed by atoms with Crippen LogP contribution in [0.2, 0.25) is 0 Å². The predicted octanol–water partition coefficient (Wildman–Crippen LogP) is 5.34. The maximum Gasteiger partial charge on any atom is 0.416 e. The van der Waals surface area contributed by atoms with Gasteiger partial charge < -0.3 is 9.47 Å². The minimum Gasteiger partial charge on any atom is -0.460 e. The second-order valence-corrected chi connectivity index (χ2v) is 9.85. The van der Waals surface area contributed by atoms with Gasteiger partial charge >= 0.3 is 12.1 Å². The number of carbonyl (C=O) groups is 3. The number of amides is 2. The van der Waals surface area contributed by atoms with E-state index in [0.717, 1.165) is 24.8 Å². The SMILES string of the molecule is CC(C)(C)OC(=O)C[C@H](CCCCc1ccccc1)C(=O)N1C(=O)OC[C@H]1Cc1ccccc1. The Hall–Kier alpha value is -3.15. The van der Waals surface area contributed by atoms with Crippen LogP contribution in [0.15, 0.2) is 60.7 Å². The van der Waals surface area contributed by atoms with Crippen LogP contribution >= 0.6 is 0 Å². The molecule has 6 heteroatoms. The average molecular weight is 466 g/mol.